The number of nitrogens with zero attached hydrogens (tertiary/aromatic N) is 2. The molecule has 0 radical (unpaired) electrons. The topological polar surface area (TPSA) is 27.0 Å². The summed E-state index contributed by atoms with van der Waals surface area (Å²) < 4.78 is 1.13. The molecule has 0 spiro atoms. The fourth-order valence-electron chi connectivity index (χ4n) is 1.49. The van der Waals surface area contributed by atoms with E-state index in [4.69, 9.17) is 5.26 Å². The standard InChI is InChI=1S/C12H15BrN2/c1-10(7-14)8-15(2)9-11-5-3-4-6-12(11)13/h3-6,10H,8-9H2,1-2H3/t10-/m0/s1. The summed E-state index contributed by atoms with van der Waals surface area (Å²) in [6.07, 6.45) is 0. The van der Waals surface area contributed by atoms with E-state index in [0.29, 0.717) is 0 Å². The van der Waals surface area contributed by atoms with Crippen molar-refractivity contribution in [3.05, 3.63) is 34.3 Å². The lowest BCUT2D eigenvalue weighted by Crippen LogP contribution is -2.23. The molecule has 1 aromatic rings. The van der Waals surface area contributed by atoms with E-state index in [1.165, 1.54) is 5.56 Å². The molecule has 1 rings (SSSR count). The Kier molecular flexibility index (Phi) is 4.80. The predicted molar refractivity (Wildman–Crippen MR) is 65.3 cm³/mol. The Labute approximate surface area is 99.6 Å². The molecule has 0 N–H and O–H groups in total. The van der Waals surface area contributed by atoms with Gasteiger partial charge >= 0.3 is 0 Å². The van der Waals surface area contributed by atoms with Crippen molar-refractivity contribution < 1.29 is 0 Å². The van der Waals surface area contributed by atoms with Gasteiger partial charge in [0.2, 0.25) is 0 Å². The molecule has 0 heterocycles. The van der Waals surface area contributed by atoms with Crippen molar-refractivity contribution in [3.63, 3.8) is 0 Å². The average Bonchev–Trinajstić information content (AvgIpc) is 2.21. The Morgan fingerprint density at radius 3 is 2.73 bits per heavy atom. The van der Waals surface area contributed by atoms with Gasteiger partial charge in [-0.2, -0.15) is 5.26 Å². The van der Waals surface area contributed by atoms with E-state index in [-0.39, 0.29) is 5.92 Å². The number of hydrogen-bond donors (Lipinski definition) is 0. The van der Waals surface area contributed by atoms with Crippen LogP contribution >= 0.6 is 15.9 Å². The van der Waals surface area contributed by atoms with Crippen LogP contribution in [0, 0.1) is 17.2 Å². The van der Waals surface area contributed by atoms with Gasteiger partial charge in [-0.15, -0.1) is 0 Å². The van der Waals surface area contributed by atoms with Crippen LogP contribution in [0.5, 0.6) is 0 Å². The summed E-state index contributed by atoms with van der Waals surface area (Å²) in [4.78, 5) is 2.16. The van der Waals surface area contributed by atoms with Gasteiger partial charge in [0.05, 0.1) is 12.0 Å². The van der Waals surface area contributed by atoms with Crippen LogP contribution in [0.4, 0.5) is 0 Å². The second-order valence-corrected chi connectivity index (χ2v) is 4.67. The van der Waals surface area contributed by atoms with Gasteiger partial charge in [-0.3, -0.25) is 0 Å². The molecular formula is C12H15BrN2. The lowest BCUT2D eigenvalue weighted by atomic mass is 10.1. The first-order valence-corrected chi connectivity index (χ1v) is 5.74. The summed E-state index contributed by atoms with van der Waals surface area (Å²) in [7, 11) is 2.04. The quantitative estimate of drug-likeness (QED) is 0.838. The van der Waals surface area contributed by atoms with Gasteiger partial charge in [0.25, 0.3) is 0 Å². The van der Waals surface area contributed by atoms with Crippen LogP contribution < -0.4 is 0 Å². The zero-order valence-electron chi connectivity index (χ0n) is 9.07. The van der Waals surface area contributed by atoms with Crippen LogP contribution in [-0.4, -0.2) is 18.5 Å². The first-order valence-electron chi connectivity index (χ1n) is 4.95. The molecule has 0 unspecified atom stereocenters. The summed E-state index contributed by atoms with van der Waals surface area (Å²) in [5.74, 6) is 0.0810. The molecule has 2 nitrogen and oxygen atoms in total. The summed E-state index contributed by atoms with van der Waals surface area (Å²) >= 11 is 3.52. The molecule has 0 aromatic heterocycles. The van der Waals surface area contributed by atoms with Gasteiger partial charge in [-0.05, 0) is 25.6 Å². The number of nitriles is 1. The van der Waals surface area contributed by atoms with Crippen LogP contribution in [-0.2, 0) is 6.54 Å². The molecule has 80 valence electrons. The van der Waals surface area contributed by atoms with Crippen molar-refractivity contribution in [3.8, 4) is 6.07 Å². The summed E-state index contributed by atoms with van der Waals surface area (Å²) in [6, 6.07) is 10.4. The minimum Gasteiger partial charge on any atom is -0.301 e. The SMILES string of the molecule is C[C@@H](C#N)CN(C)Cc1ccccc1Br. The van der Waals surface area contributed by atoms with Crippen LogP contribution in [0.1, 0.15) is 12.5 Å². The highest BCUT2D eigenvalue weighted by Gasteiger charge is 2.07. The fraction of sp³-hybridized carbons (Fsp3) is 0.417. The van der Waals surface area contributed by atoms with Crippen LogP contribution in [0.3, 0.4) is 0 Å². The third-order valence-corrected chi connectivity index (χ3v) is 2.98. The van der Waals surface area contributed by atoms with Crippen LogP contribution in [0.25, 0.3) is 0 Å². The third kappa shape index (κ3) is 4.03. The molecule has 1 atom stereocenters. The van der Waals surface area contributed by atoms with Gasteiger partial charge in [0.15, 0.2) is 0 Å². The first-order chi connectivity index (χ1) is 7.13. The van der Waals surface area contributed by atoms with E-state index in [2.05, 4.69) is 33.0 Å². The van der Waals surface area contributed by atoms with Gasteiger partial charge in [-0.1, -0.05) is 34.1 Å². The summed E-state index contributed by atoms with van der Waals surface area (Å²) in [5.41, 5.74) is 1.25. The second kappa shape index (κ2) is 5.89. The smallest absolute Gasteiger partial charge is 0.0666 e. The van der Waals surface area contributed by atoms with Crippen molar-refractivity contribution >= 4 is 15.9 Å². The molecule has 0 amide bonds. The summed E-state index contributed by atoms with van der Waals surface area (Å²) in [5, 5.41) is 8.72. The van der Waals surface area contributed by atoms with Gasteiger partial charge in [0, 0.05) is 17.6 Å². The molecule has 0 fully saturated rings. The highest BCUT2D eigenvalue weighted by molar-refractivity contribution is 9.10. The Morgan fingerprint density at radius 1 is 1.47 bits per heavy atom. The monoisotopic (exact) mass is 266 g/mol. The highest BCUT2D eigenvalue weighted by atomic mass is 79.9. The first kappa shape index (κ1) is 12.2. The normalized spacial score (nSPS) is 12.5. The lowest BCUT2D eigenvalue weighted by Gasteiger charge is -2.18. The summed E-state index contributed by atoms with van der Waals surface area (Å²) in [6.45, 7) is 3.61. The minimum absolute atomic E-state index is 0.0810. The van der Waals surface area contributed by atoms with Crippen molar-refractivity contribution in [2.24, 2.45) is 5.92 Å². The number of benzene rings is 1. The van der Waals surface area contributed by atoms with Crippen molar-refractivity contribution in [2.45, 2.75) is 13.5 Å². The van der Waals surface area contributed by atoms with Crippen LogP contribution in [0.2, 0.25) is 0 Å². The maximum atomic E-state index is 8.72. The highest BCUT2D eigenvalue weighted by Crippen LogP contribution is 2.17. The Bertz CT molecular complexity index is 357. The third-order valence-electron chi connectivity index (χ3n) is 2.20. The van der Waals surface area contributed by atoms with Crippen molar-refractivity contribution in [1.82, 2.24) is 4.90 Å². The largest absolute Gasteiger partial charge is 0.301 e. The van der Waals surface area contributed by atoms with E-state index >= 15 is 0 Å². The molecule has 1 aromatic carbocycles. The molecular weight excluding hydrogens is 252 g/mol. The maximum absolute atomic E-state index is 8.72. The number of halogens is 1. The van der Waals surface area contributed by atoms with Crippen molar-refractivity contribution in [2.75, 3.05) is 13.6 Å². The van der Waals surface area contributed by atoms with Gasteiger partial charge < -0.3 is 4.90 Å². The Morgan fingerprint density at radius 2 is 2.13 bits per heavy atom. The minimum atomic E-state index is 0.0810. The Balaban J connectivity index is 2.56. The van der Waals surface area contributed by atoms with Crippen LogP contribution in [0.15, 0.2) is 28.7 Å². The number of rotatable bonds is 4. The molecule has 0 bridgehead atoms. The maximum Gasteiger partial charge on any atom is 0.0666 e. The molecule has 0 saturated carbocycles. The number of hydrogen-bond acceptors (Lipinski definition) is 2. The lowest BCUT2D eigenvalue weighted by molar-refractivity contribution is 0.302. The second-order valence-electron chi connectivity index (χ2n) is 3.82. The zero-order chi connectivity index (χ0) is 11.3. The molecule has 0 saturated heterocycles. The average molecular weight is 267 g/mol. The molecule has 0 aliphatic carbocycles. The van der Waals surface area contributed by atoms with E-state index in [0.717, 1.165) is 17.6 Å². The van der Waals surface area contributed by atoms with E-state index in [1.54, 1.807) is 0 Å². The molecule has 0 aliphatic rings. The predicted octanol–water partition coefficient (Wildman–Crippen LogP) is 3.04. The van der Waals surface area contributed by atoms with Crippen molar-refractivity contribution in [1.29, 1.82) is 5.26 Å². The molecule has 3 heteroatoms. The fourth-order valence-corrected chi connectivity index (χ4v) is 1.90. The van der Waals surface area contributed by atoms with Gasteiger partial charge in [-0.25, -0.2) is 0 Å². The zero-order valence-corrected chi connectivity index (χ0v) is 10.7. The Hall–Kier alpha value is -0.850. The van der Waals surface area contributed by atoms with E-state index in [1.807, 2.05) is 32.2 Å². The van der Waals surface area contributed by atoms with E-state index < -0.39 is 0 Å². The molecule has 0 aliphatic heterocycles. The van der Waals surface area contributed by atoms with E-state index in [9.17, 15) is 0 Å². The molecule has 15 heavy (non-hydrogen) atoms. The van der Waals surface area contributed by atoms with Gasteiger partial charge in [0.1, 0.15) is 0 Å².